The van der Waals surface area contributed by atoms with Crippen molar-refractivity contribution in [2.75, 3.05) is 0 Å². The van der Waals surface area contributed by atoms with Gasteiger partial charge in [0, 0.05) is 11.6 Å². The predicted molar refractivity (Wildman–Crippen MR) is 59.5 cm³/mol. The van der Waals surface area contributed by atoms with Gasteiger partial charge >= 0.3 is 0 Å². The number of nitrogens with zero attached hydrogens (tertiary/aromatic N) is 2. The number of para-hydroxylation sites is 1. The van der Waals surface area contributed by atoms with Crippen LogP contribution in [-0.2, 0) is 4.79 Å². The van der Waals surface area contributed by atoms with Crippen molar-refractivity contribution in [3.8, 4) is 0 Å². The zero-order valence-corrected chi connectivity index (χ0v) is 8.08. The molecule has 15 heavy (non-hydrogen) atoms. The quantitative estimate of drug-likeness (QED) is 0.658. The van der Waals surface area contributed by atoms with Gasteiger partial charge in [-0.15, -0.1) is 0 Å². The summed E-state index contributed by atoms with van der Waals surface area (Å²) in [6.07, 6.45) is 2.28. The molecule has 0 saturated carbocycles. The number of carbonyl (C=O) groups is 1. The van der Waals surface area contributed by atoms with Crippen LogP contribution >= 0.6 is 0 Å². The molecule has 0 N–H and O–H groups in total. The summed E-state index contributed by atoms with van der Waals surface area (Å²) in [7, 11) is 0. The molecule has 1 aromatic carbocycles. The highest BCUT2D eigenvalue weighted by atomic mass is 16.1. The van der Waals surface area contributed by atoms with Crippen molar-refractivity contribution in [1.29, 1.82) is 0 Å². The summed E-state index contributed by atoms with van der Waals surface area (Å²) in [4.78, 5) is 10.9. The van der Waals surface area contributed by atoms with Crippen LogP contribution in [0.1, 0.15) is 0 Å². The van der Waals surface area contributed by atoms with Gasteiger partial charge in [-0.05, 0) is 12.1 Å². The van der Waals surface area contributed by atoms with Gasteiger partial charge in [0.15, 0.2) is 0 Å². The molecule has 0 saturated heterocycles. The molecule has 3 heteroatoms. The van der Waals surface area contributed by atoms with E-state index in [-0.39, 0.29) is 0 Å². The van der Waals surface area contributed by atoms with E-state index in [9.17, 15) is 4.79 Å². The van der Waals surface area contributed by atoms with E-state index in [0.29, 0.717) is 6.41 Å². The zero-order chi connectivity index (χ0) is 10.5. The first kappa shape index (κ1) is 9.40. The second kappa shape index (κ2) is 4.37. The fourth-order valence-corrected chi connectivity index (χ4v) is 1.37. The molecule has 1 heterocycles. The average molecular weight is 198 g/mol. The van der Waals surface area contributed by atoms with Gasteiger partial charge in [0.25, 0.3) is 0 Å². The fraction of sp³-hybridized carbons (Fsp3) is 0. The molecule has 2 rings (SSSR count). The van der Waals surface area contributed by atoms with Gasteiger partial charge in [-0.3, -0.25) is 4.79 Å². The maximum absolute atomic E-state index is 10.9. The third-order valence-electron chi connectivity index (χ3n) is 2.06. The molecule has 0 amide bonds. The summed E-state index contributed by atoms with van der Waals surface area (Å²) < 4.78 is 1.31. The second-order valence-corrected chi connectivity index (χ2v) is 3.02. The van der Waals surface area contributed by atoms with E-state index in [1.165, 1.54) is 4.68 Å². The first-order chi connectivity index (χ1) is 7.42. The minimum Gasteiger partial charge on any atom is -0.276 e. The minimum absolute atomic E-state index is 0.697. The van der Waals surface area contributed by atoms with Crippen LogP contribution in [-0.4, -0.2) is 16.2 Å². The van der Waals surface area contributed by atoms with Crippen molar-refractivity contribution in [3.63, 3.8) is 0 Å². The maximum atomic E-state index is 10.9. The molecule has 1 aromatic heterocycles. The molecule has 74 valence electrons. The maximum Gasteiger partial charge on any atom is 0.234 e. The van der Waals surface area contributed by atoms with Crippen molar-refractivity contribution in [2.24, 2.45) is 0 Å². The lowest BCUT2D eigenvalue weighted by Gasteiger charge is -1.96. The molecule has 3 nitrogen and oxygen atoms in total. The summed E-state index contributed by atoms with van der Waals surface area (Å²) in [5.41, 5.74) is 0.781. The monoisotopic (exact) mass is 198 g/mol. The third-order valence-corrected chi connectivity index (χ3v) is 2.06. The lowest BCUT2D eigenvalue weighted by Crippen LogP contribution is -1.99. The zero-order valence-electron chi connectivity index (χ0n) is 8.08. The van der Waals surface area contributed by atoms with Gasteiger partial charge in [-0.1, -0.05) is 36.4 Å². The minimum atomic E-state index is 0.697. The van der Waals surface area contributed by atoms with Crippen LogP contribution in [0.15, 0.2) is 54.7 Å². The Morgan fingerprint density at radius 1 is 1.00 bits per heavy atom. The van der Waals surface area contributed by atoms with Crippen LogP contribution in [0.4, 0.5) is 0 Å². The Bertz CT molecular complexity index is 530. The van der Waals surface area contributed by atoms with Gasteiger partial charge in [0.2, 0.25) is 6.41 Å². The fourth-order valence-electron chi connectivity index (χ4n) is 1.37. The normalized spacial score (nSPS) is 9.60. The van der Waals surface area contributed by atoms with Gasteiger partial charge in [-0.25, -0.2) is 4.68 Å². The van der Waals surface area contributed by atoms with Gasteiger partial charge in [0.05, 0.1) is 5.52 Å². The largest absolute Gasteiger partial charge is 0.276 e. The molecule has 0 unspecified atom stereocenters. The summed E-state index contributed by atoms with van der Waals surface area (Å²) in [5, 5.41) is 4.98. The van der Waals surface area contributed by atoms with E-state index >= 15 is 0 Å². The van der Waals surface area contributed by atoms with Crippen LogP contribution in [0.2, 0.25) is 0 Å². The van der Waals surface area contributed by atoms with Crippen LogP contribution in [0.25, 0.3) is 10.9 Å². The van der Waals surface area contributed by atoms with Gasteiger partial charge in [0.1, 0.15) is 0 Å². The Hall–Kier alpha value is -2.16. The number of fused-ring (bicyclic) bond motifs is 1. The van der Waals surface area contributed by atoms with Crippen LogP contribution < -0.4 is 0 Å². The van der Waals surface area contributed by atoms with E-state index in [1.54, 1.807) is 12.3 Å². The Morgan fingerprint density at radius 3 is 2.53 bits per heavy atom. The lowest BCUT2D eigenvalue weighted by atomic mass is 10.2. The topological polar surface area (TPSA) is 34.9 Å². The number of aromatic nitrogens is 2. The number of carbonyl (C=O) groups excluding carboxylic acids is 1. The van der Waals surface area contributed by atoms with Crippen molar-refractivity contribution in [2.45, 2.75) is 0 Å². The Balaban J connectivity index is 2.93. The molecule has 0 atom stereocenters. The summed E-state index contributed by atoms with van der Waals surface area (Å²) in [6.45, 7) is 0. The van der Waals surface area contributed by atoms with E-state index < -0.39 is 0 Å². The number of hydrogen-bond acceptors (Lipinski definition) is 2. The van der Waals surface area contributed by atoms with Crippen molar-refractivity contribution >= 4 is 17.3 Å². The van der Waals surface area contributed by atoms with E-state index in [0.717, 1.165) is 10.9 Å². The Labute approximate surface area is 87.3 Å². The third kappa shape index (κ3) is 2.02. The van der Waals surface area contributed by atoms with Crippen LogP contribution in [0.5, 0.6) is 0 Å². The molecule has 0 bridgehead atoms. The first-order valence-corrected chi connectivity index (χ1v) is 4.63. The second-order valence-electron chi connectivity index (χ2n) is 3.02. The number of rotatable bonds is 1. The molecule has 0 spiro atoms. The Morgan fingerprint density at radius 2 is 1.73 bits per heavy atom. The summed E-state index contributed by atoms with van der Waals surface area (Å²) in [6, 6.07) is 15.1. The van der Waals surface area contributed by atoms with E-state index in [4.69, 9.17) is 0 Å². The van der Waals surface area contributed by atoms with Gasteiger partial charge in [-0.2, -0.15) is 5.10 Å². The SMILES string of the molecule is O=Cn1ncccccc2ccccc21. The molecule has 0 aliphatic heterocycles. The van der Waals surface area contributed by atoms with E-state index in [2.05, 4.69) is 5.10 Å². The predicted octanol–water partition coefficient (Wildman–Crippen LogP) is 2.20. The summed E-state index contributed by atoms with van der Waals surface area (Å²) in [5.74, 6) is 0. The molecule has 0 aliphatic carbocycles. The highest BCUT2D eigenvalue weighted by molar-refractivity contribution is 5.82. The van der Waals surface area contributed by atoms with Crippen LogP contribution in [0, 0.1) is 0 Å². The smallest absolute Gasteiger partial charge is 0.234 e. The van der Waals surface area contributed by atoms with Gasteiger partial charge < -0.3 is 0 Å². The van der Waals surface area contributed by atoms with E-state index in [1.807, 2.05) is 42.5 Å². The van der Waals surface area contributed by atoms with Crippen molar-refractivity contribution in [3.05, 3.63) is 54.7 Å². The Kier molecular flexibility index (Phi) is 2.74. The lowest BCUT2D eigenvalue weighted by molar-refractivity contribution is 0.542. The van der Waals surface area contributed by atoms with Crippen LogP contribution in [0.3, 0.4) is 0 Å². The highest BCUT2D eigenvalue weighted by Gasteiger charge is 1.92. The molecule has 2 aromatic rings. The number of hydrogen-bond donors (Lipinski definition) is 0. The molecule has 0 fully saturated rings. The molecule has 0 aliphatic rings. The first-order valence-electron chi connectivity index (χ1n) is 4.63. The standard InChI is InChI=1S/C12H10N2O/c15-10-14-12-8-4-3-7-11(12)6-2-1-5-9-13-14/h1-10H. The average Bonchev–Trinajstić information content (AvgIpc) is 2.38. The number of benzene rings is 1. The molecular weight excluding hydrogens is 188 g/mol. The molecule has 0 radical (unpaired) electrons. The summed E-state index contributed by atoms with van der Waals surface area (Å²) >= 11 is 0. The molecular formula is C12H10N2O. The van der Waals surface area contributed by atoms with Crippen molar-refractivity contribution < 1.29 is 4.79 Å². The highest BCUT2D eigenvalue weighted by Crippen LogP contribution is 2.08. The van der Waals surface area contributed by atoms with Crippen molar-refractivity contribution in [1.82, 2.24) is 9.78 Å².